The Kier molecular flexibility index (Phi) is 3.46. The number of alkyl halides is 1. The summed E-state index contributed by atoms with van der Waals surface area (Å²) in [5, 5.41) is 0. The molecule has 0 N–H and O–H groups in total. The summed E-state index contributed by atoms with van der Waals surface area (Å²) in [6.07, 6.45) is 2.99. The SMILES string of the molecule is [CH2]CCC(C)(Cl)CC. The summed E-state index contributed by atoms with van der Waals surface area (Å²) >= 11 is 5.98. The van der Waals surface area contributed by atoms with Gasteiger partial charge in [0.1, 0.15) is 0 Å². The van der Waals surface area contributed by atoms with Gasteiger partial charge in [-0.3, -0.25) is 0 Å². The van der Waals surface area contributed by atoms with Gasteiger partial charge in [0, 0.05) is 4.87 Å². The Morgan fingerprint density at radius 2 is 2.12 bits per heavy atom. The lowest BCUT2D eigenvalue weighted by Gasteiger charge is -2.17. The number of rotatable bonds is 3. The van der Waals surface area contributed by atoms with E-state index < -0.39 is 0 Å². The lowest BCUT2D eigenvalue weighted by atomic mass is 10.0. The zero-order valence-electron chi connectivity index (χ0n) is 5.71. The van der Waals surface area contributed by atoms with E-state index in [4.69, 9.17) is 11.6 Å². The van der Waals surface area contributed by atoms with Gasteiger partial charge in [-0.2, -0.15) is 0 Å². The van der Waals surface area contributed by atoms with Crippen LogP contribution in [0.1, 0.15) is 33.1 Å². The maximum atomic E-state index is 5.98. The van der Waals surface area contributed by atoms with Crippen LogP contribution < -0.4 is 0 Å². The first-order chi connectivity index (χ1) is 3.62. The summed E-state index contributed by atoms with van der Waals surface area (Å²) in [4.78, 5) is 0.00174. The molecule has 49 valence electrons. The van der Waals surface area contributed by atoms with Crippen molar-refractivity contribution in [3.63, 3.8) is 0 Å². The van der Waals surface area contributed by atoms with E-state index in [9.17, 15) is 0 Å². The summed E-state index contributed by atoms with van der Waals surface area (Å²) < 4.78 is 0. The molecule has 0 heterocycles. The zero-order chi connectivity index (χ0) is 6.62. The summed E-state index contributed by atoms with van der Waals surface area (Å²) in [7, 11) is 0. The molecular formula is C7H14Cl. The van der Waals surface area contributed by atoms with Gasteiger partial charge in [0.25, 0.3) is 0 Å². The van der Waals surface area contributed by atoms with Crippen molar-refractivity contribution >= 4 is 11.6 Å². The normalized spacial score (nSPS) is 18.0. The van der Waals surface area contributed by atoms with Crippen LogP contribution in [0.2, 0.25) is 0 Å². The molecule has 0 saturated heterocycles. The lowest BCUT2D eigenvalue weighted by molar-refractivity contribution is 0.562. The largest absolute Gasteiger partial charge is 0.120 e. The van der Waals surface area contributed by atoms with E-state index in [1.807, 2.05) is 0 Å². The molecule has 1 unspecified atom stereocenters. The highest BCUT2D eigenvalue weighted by Crippen LogP contribution is 2.23. The monoisotopic (exact) mass is 133 g/mol. The highest BCUT2D eigenvalue weighted by molar-refractivity contribution is 6.23. The summed E-state index contributed by atoms with van der Waals surface area (Å²) in [5.41, 5.74) is 0. The number of hydrogen-bond acceptors (Lipinski definition) is 0. The molecule has 0 amide bonds. The van der Waals surface area contributed by atoms with Gasteiger partial charge in [0.15, 0.2) is 0 Å². The molecule has 0 aliphatic heterocycles. The van der Waals surface area contributed by atoms with E-state index in [-0.39, 0.29) is 4.87 Å². The van der Waals surface area contributed by atoms with Gasteiger partial charge >= 0.3 is 0 Å². The van der Waals surface area contributed by atoms with E-state index in [1.54, 1.807) is 0 Å². The number of halogens is 1. The Labute approximate surface area is 57.2 Å². The van der Waals surface area contributed by atoms with Crippen molar-refractivity contribution in [1.82, 2.24) is 0 Å². The van der Waals surface area contributed by atoms with E-state index >= 15 is 0 Å². The average Bonchev–Trinajstić information content (AvgIpc) is 1.67. The van der Waals surface area contributed by atoms with Crippen molar-refractivity contribution in [2.45, 2.75) is 38.0 Å². The van der Waals surface area contributed by atoms with Crippen LogP contribution in [-0.4, -0.2) is 4.87 Å². The Balaban J connectivity index is 3.37. The molecule has 0 aromatic rings. The molecule has 8 heavy (non-hydrogen) atoms. The Morgan fingerprint density at radius 3 is 2.25 bits per heavy atom. The van der Waals surface area contributed by atoms with E-state index in [0.29, 0.717) is 0 Å². The second kappa shape index (κ2) is 3.34. The topological polar surface area (TPSA) is 0 Å². The Bertz CT molecular complexity index is 57.4. The third-order valence-electron chi connectivity index (χ3n) is 1.44. The fraction of sp³-hybridized carbons (Fsp3) is 0.857. The minimum atomic E-state index is 0.00174. The van der Waals surface area contributed by atoms with Crippen LogP contribution in [0.25, 0.3) is 0 Å². The van der Waals surface area contributed by atoms with E-state index in [0.717, 1.165) is 19.3 Å². The number of hydrogen-bond donors (Lipinski definition) is 0. The molecule has 0 saturated carbocycles. The van der Waals surface area contributed by atoms with Gasteiger partial charge in [-0.15, -0.1) is 11.6 Å². The van der Waals surface area contributed by atoms with Gasteiger partial charge in [-0.25, -0.2) is 0 Å². The van der Waals surface area contributed by atoms with E-state index in [1.165, 1.54) is 0 Å². The Morgan fingerprint density at radius 1 is 1.62 bits per heavy atom. The molecule has 0 nitrogen and oxygen atoms in total. The average molecular weight is 134 g/mol. The van der Waals surface area contributed by atoms with Crippen LogP contribution >= 0.6 is 11.6 Å². The third-order valence-corrected chi connectivity index (χ3v) is 1.89. The third kappa shape index (κ3) is 3.31. The molecular weight excluding hydrogens is 120 g/mol. The van der Waals surface area contributed by atoms with Crippen molar-refractivity contribution in [2.75, 3.05) is 0 Å². The van der Waals surface area contributed by atoms with Crippen LogP contribution in [0.3, 0.4) is 0 Å². The van der Waals surface area contributed by atoms with Gasteiger partial charge in [0.05, 0.1) is 0 Å². The Hall–Kier alpha value is 0.290. The molecule has 0 aromatic carbocycles. The second-order valence-corrected chi connectivity index (χ2v) is 3.28. The van der Waals surface area contributed by atoms with Crippen molar-refractivity contribution in [3.8, 4) is 0 Å². The van der Waals surface area contributed by atoms with Gasteiger partial charge in [0.2, 0.25) is 0 Å². The molecule has 0 bridgehead atoms. The minimum absolute atomic E-state index is 0.00174. The predicted molar refractivity (Wildman–Crippen MR) is 39.1 cm³/mol. The molecule has 1 heteroatoms. The van der Waals surface area contributed by atoms with Gasteiger partial charge in [-0.05, 0) is 19.8 Å². The fourth-order valence-corrected chi connectivity index (χ4v) is 0.679. The predicted octanol–water partition coefficient (Wildman–Crippen LogP) is 3.01. The maximum Gasteiger partial charge on any atom is 0.0416 e. The first kappa shape index (κ1) is 8.29. The van der Waals surface area contributed by atoms with Crippen LogP contribution in [-0.2, 0) is 0 Å². The fourth-order valence-electron chi connectivity index (χ4n) is 0.545. The first-order valence-corrected chi connectivity index (χ1v) is 3.48. The van der Waals surface area contributed by atoms with Crippen LogP contribution in [0.15, 0.2) is 0 Å². The molecule has 1 radical (unpaired) electrons. The van der Waals surface area contributed by atoms with Crippen LogP contribution in [0.4, 0.5) is 0 Å². The van der Waals surface area contributed by atoms with Crippen molar-refractivity contribution in [1.29, 1.82) is 0 Å². The summed E-state index contributed by atoms with van der Waals surface area (Å²) in [6.45, 7) is 7.89. The first-order valence-electron chi connectivity index (χ1n) is 3.10. The highest BCUT2D eigenvalue weighted by Gasteiger charge is 2.15. The molecule has 0 rings (SSSR count). The second-order valence-electron chi connectivity index (χ2n) is 2.37. The molecule has 0 fully saturated rings. The molecule has 0 spiro atoms. The molecule has 0 aliphatic carbocycles. The van der Waals surface area contributed by atoms with Crippen molar-refractivity contribution in [2.24, 2.45) is 0 Å². The maximum absolute atomic E-state index is 5.98. The molecule has 1 atom stereocenters. The summed E-state index contributed by atoms with van der Waals surface area (Å²) in [6, 6.07) is 0. The zero-order valence-corrected chi connectivity index (χ0v) is 6.46. The summed E-state index contributed by atoms with van der Waals surface area (Å²) in [5.74, 6) is 0. The van der Waals surface area contributed by atoms with E-state index in [2.05, 4.69) is 20.8 Å². The van der Waals surface area contributed by atoms with Crippen molar-refractivity contribution < 1.29 is 0 Å². The molecule has 0 aromatic heterocycles. The van der Waals surface area contributed by atoms with Gasteiger partial charge in [-0.1, -0.05) is 20.3 Å². The highest BCUT2D eigenvalue weighted by atomic mass is 35.5. The van der Waals surface area contributed by atoms with Crippen LogP contribution in [0.5, 0.6) is 0 Å². The smallest absolute Gasteiger partial charge is 0.0416 e. The quantitative estimate of drug-likeness (QED) is 0.520. The standard InChI is InChI=1S/C7H14Cl/c1-4-6-7(3,8)5-2/h1,4-6H2,2-3H3. The minimum Gasteiger partial charge on any atom is -0.120 e. The van der Waals surface area contributed by atoms with Crippen molar-refractivity contribution in [3.05, 3.63) is 6.92 Å². The van der Waals surface area contributed by atoms with Gasteiger partial charge < -0.3 is 0 Å². The lowest BCUT2D eigenvalue weighted by Crippen LogP contribution is -2.13. The molecule has 0 aliphatic rings. The van der Waals surface area contributed by atoms with Crippen LogP contribution in [0, 0.1) is 6.92 Å².